The van der Waals surface area contributed by atoms with Gasteiger partial charge >= 0.3 is 0 Å². The van der Waals surface area contributed by atoms with Crippen molar-refractivity contribution in [2.24, 2.45) is 0 Å². The van der Waals surface area contributed by atoms with Crippen LogP contribution in [0.15, 0.2) is 67.1 Å². The van der Waals surface area contributed by atoms with Crippen LogP contribution in [0.5, 0.6) is 11.5 Å². The summed E-state index contributed by atoms with van der Waals surface area (Å²) in [4.78, 5) is 20.6. The Morgan fingerprint density at radius 3 is 2.56 bits per heavy atom. The Morgan fingerprint density at radius 1 is 1.12 bits per heavy atom. The summed E-state index contributed by atoms with van der Waals surface area (Å²) >= 11 is 0. The van der Waals surface area contributed by atoms with Gasteiger partial charge in [-0.3, -0.25) is 4.79 Å². The van der Waals surface area contributed by atoms with Crippen LogP contribution < -0.4 is 15.8 Å². The molecule has 0 aliphatic carbocycles. The summed E-state index contributed by atoms with van der Waals surface area (Å²) in [5.41, 5.74) is 8.67. The number of benzene rings is 2. The summed E-state index contributed by atoms with van der Waals surface area (Å²) < 4.78 is 7.78. The number of carbonyl (C=O) groups is 1. The molecule has 32 heavy (non-hydrogen) atoms. The second-order valence-corrected chi connectivity index (χ2v) is 7.54. The molecule has 2 aromatic carbocycles. The van der Waals surface area contributed by atoms with E-state index in [-0.39, 0.29) is 18.9 Å². The lowest BCUT2D eigenvalue weighted by Crippen LogP contribution is -2.31. The highest BCUT2D eigenvalue weighted by Crippen LogP contribution is 2.34. The van der Waals surface area contributed by atoms with Gasteiger partial charge in [0, 0.05) is 31.3 Å². The number of carbonyl (C=O) groups excluding carboxylic acids is 1. The summed E-state index contributed by atoms with van der Waals surface area (Å²) in [7, 11) is 0. The van der Waals surface area contributed by atoms with Crippen molar-refractivity contribution in [1.29, 1.82) is 0 Å². The quantitative estimate of drug-likeness (QED) is 0.394. The summed E-state index contributed by atoms with van der Waals surface area (Å²) in [5.74, 6) is 1.73. The van der Waals surface area contributed by atoms with Gasteiger partial charge in [-0.05, 0) is 36.8 Å². The number of anilines is 1. The number of ether oxygens (including phenoxy) is 1. The molecule has 0 aliphatic heterocycles. The third-order valence-electron chi connectivity index (χ3n) is 5.00. The summed E-state index contributed by atoms with van der Waals surface area (Å²) in [6.07, 6.45) is 3.02. The standard InChI is InChI=1S/C24H25N5O3/c1-16(30)13-26-21(31)11-12-29-14-20(22-23(25)27-15-28-24(22)29)17-7-9-19(10-8-17)32-18-5-3-2-4-6-18/h2-10,14-16,30H,11-13H2,1H3,(H,26,31)(H2,25,27,28). The lowest BCUT2D eigenvalue weighted by atomic mass is 10.1. The molecular formula is C24H25N5O3. The highest BCUT2D eigenvalue weighted by Gasteiger charge is 2.16. The van der Waals surface area contributed by atoms with Gasteiger partial charge in [0.05, 0.1) is 11.5 Å². The van der Waals surface area contributed by atoms with Gasteiger partial charge in [0.25, 0.3) is 0 Å². The second kappa shape index (κ2) is 9.49. The number of nitrogens with one attached hydrogen (secondary N) is 1. The first kappa shape index (κ1) is 21.3. The zero-order valence-corrected chi connectivity index (χ0v) is 17.7. The van der Waals surface area contributed by atoms with E-state index in [1.807, 2.05) is 65.4 Å². The number of amides is 1. The Labute approximate surface area is 185 Å². The summed E-state index contributed by atoms with van der Waals surface area (Å²) in [6, 6.07) is 17.3. The molecule has 4 N–H and O–H groups in total. The number of nitrogen functional groups attached to an aromatic ring is 1. The lowest BCUT2D eigenvalue weighted by molar-refractivity contribution is -0.121. The highest BCUT2D eigenvalue weighted by atomic mass is 16.5. The van der Waals surface area contributed by atoms with Crippen LogP contribution in [0.3, 0.4) is 0 Å². The van der Waals surface area contributed by atoms with Gasteiger partial charge in [-0.25, -0.2) is 9.97 Å². The number of fused-ring (bicyclic) bond motifs is 1. The van der Waals surface area contributed by atoms with Crippen molar-refractivity contribution in [2.75, 3.05) is 12.3 Å². The molecule has 2 heterocycles. The predicted octanol–water partition coefficient (Wildman–Crippen LogP) is 3.36. The lowest BCUT2D eigenvalue weighted by Gasteiger charge is -2.08. The van der Waals surface area contributed by atoms with E-state index in [1.54, 1.807) is 6.92 Å². The number of aryl methyl sites for hydroxylation is 1. The molecule has 4 aromatic rings. The van der Waals surface area contributed by atoms with Crippen LogP contribution in [0.1, 0.15) is 13.3 Å². The number of hydrogen-bond acceptors (Lipinski definition) is 6. The van der Waals surface area contributed by atoms with Gasteiger partial charge in [0.15, 0.2) is 0 Å². The van der Waals surface area contributed by atoms with Crippen LogP contribution in [0.25, 0.3) is 22.2 Å². The number of aromatic nitrogens is 3. The normalized spacial score (nSPS) is 11.9. The Hall–Kier alpha value is -3.91. The topological polar surface area (TPSA) is 115 Å². The van der Waals surface area contributed by atoms with Gasteiger partial charge in [0.1, 0.15) is 29.3 Å². The van der Waals surface area contributed by atoms with Crippen molar-refractivity contribution < 1.29 is 14.6 Å². The molecule has 1 amide bonds. The maximum atomic E-state index is 12.1. The number of hydrogen-bond donors (Lipinski definition) is 3. The smallest absolute Gasteiger partial charge is 0.221 e. The molecule has 164 valence electrons. The number of aliphatic hydroxyl groups is 1. The van der Waals surface area contributed by atoms with Crippen molar-refractivity contribution in [3.8, 4) is 22.6 Å². The molecule has 1 atom stereocenters. The average Bonchev–Trinajstić information content (AvgIpc) is 3.17. The molecule has 0 saturated heterocycles. The number of para-hydroxylation sites is 1. The fraction of sp³-hybridized carbons (Fsp3) is 0.208. The van der Waals surface area contributed by atoms with E-state index in [0.717, 1.165) is 28.0 Å². The molecule has 0 bridgehead atoms. The summed E-state index contributed by atoms with van der Waals surface area (Å²) in [6.45, 7) is 2.28. The van der Waals surface area contributed by atoms with Gasteiger partial charge in [-0.15, -0.1) is 0 Å². The Morgan fingerprint density at radius 2 is 1.84 bits per heavy atom. The van der Waals surface area contributed by atoms with Crippen LogP contribution in [0.2, 0.25) is 0 Å². The number of nitrogens with zero attached hydrogens (tertiary/aromatic N) is 3. The molecule has 8 nitrogen and oxygen atoms in total. The Bertz CT molecular complexity index is 1200. The van der Waals surface area contributed by atoms with Gasteiger partial charge in [-0.1, -0.05) is 30.3 Å². The maximum absolute atomic E-state index is 12.1. The molecular weight excluding hydrogens is 406 g/mol. The van der Waals surface area contributed by atoms with E-state index in [1.165, 1.54) is 6.33 Å². The number of rotatable bonds is 8. The van der Waals surface area contributed by atoms with Crippen molar-refractivity contribution in [1.82, 2.24) is 19.9 Å². The van der Waals surface area contributed by atoms with E-state index in [9.17, 15) is 9.90 Å². The van der Waals surface area contributed by atoms with E-state index < -0.39 is 6.10 Å². The fourth-order valence-electron chi connectivity index (χ4n) is 3.44. The van der Waals surface area contributed by atoms with Crippen LogP contribution >= 0.6 is 0 Å². The van der Waals surface area contributed by atoms with Crippen molar-refractivity contribution >= 4 is 22.8 Å². The van der Waals surface area contributed by atoms with Crippen molar-refractivity contribution in [3.05, 3.63) is 67.1 Å². The largest absolute Gasteiger partial charge is 0.457 e. The van der Waals surface area contributed by atoms with E-state index >= 15 is 0 Å². The molecule has 1 unspecified atom stereocenters. The van der Waals surface area contributed by atoms with E-state index in [0.29, 0.717) is 18.0 Å². The third-order valence-corrected chi connectivity index (χ3v) is 5.00. The Balaban J connectivity index is 1.58. The van der Waals surface area contributed by atoms with Crippen molar-refractivity contribution in [3.63, 3.8) is 0 Å². The number of aliphatic hydroxyl groups excluding tert-OH is 1. The second-order valence-electron chi connectivity index (χ2n) is 7.54. The van der Waals surface area contributed by atoms with Gasteiger partial charge in [-0.2, -0.15) is 0 Å². The minimum Gasteiger partial charge on any atom is -0.457 e. The molecule has 0 saturated carbocycles. The molecule has 0 fully saturated rings. The first-order valence-corrected chi connectivity index (χ1v) is 10.4. The zero-order valence-electron chi connectivity index (χ0n) is 17.7. The zero-order chi connectivity index (χ0) is 22.5. The average molecular weight is 431 g/mol. The first-order chi connectivity index (χ1) is 15.5. The molecule has 2 aromatic heterocycles. The number of nitrogens with two attached hydrogens (primary N) is 1. The first-order valence-electron chi connectivity index (χ1n) is 10.4. The van der Waals surface area contributed by atoms with Gasteiger partial charge in [0.2, 0.25) is 5.91 Å². The minimum atomic E-state index is -0.584. The van der Waals surface area contributed by atoms with E-state index in [2.05, 4.69) is 15.3 Å². The van der Waals surface area contributed by atoms with Crippen molar-refractivity contribution in [2.45, 2.75) is 26.0 Å². The predicted molar refractivity (Wildman–Crippen MR) is 123 cm³/mol. The molecule has 8 heteroatoms. The Kier molecular flexibility index (Phi) is 6.32. The summed E-state index contributed by atoms with van der Waals surface area (Å²) in [5, 5.41) is 12.8. The molecule has 0 aliphatic rings. The molecule has 0 spiro atoms. The van der Waals surface area contributed by atoms with Crippen LogP contribution in [0.4, 0.5) is 5.82 Å². The minimum absolute atomic E-state index is 0.140. The monoisotopic (exact) mass is 431 g/mol. The van der Waals surface area contributed by atoms with Crippen LogP contribution in [0, 0.1) is 0 Å². The van der Waals surface area contributed by atoms with Gasteiger partial charge < -0.3 is 25.5 Å². The van der Waals surface area contributed by atoms with Crippen LogP contribution in [-0.4, -0.2) is 38.2 Å². The fourth-order valence-corrected chi connectivity index (χ4v) is 3.44. The highest BCUT2D eigenvalue weighted by molar-refractivity contribution is 6.00. The maximum Gasteiger partial charge on any atom is 0.221 e. The van der Waals surface area contributed by atoms with E-state index in [4.69, 9.17) is 10.5 Å². The van der Waals surface area contributed by atoms with Crippen LogP contribution in [-0.2, 0) is 11.3 Å². The molecule has 0 radical (unpaired) electrons. The SMILES string of the molecule is CC(O)CNC(=O)CCn1cc(-c2ccc(Oc3ccccc3)cc2)c2c(N)ncnc21. The molecule has 4 rings (SSSR count). The third kappa shape index (κ3) is 4.87.